The van der Waals surface area contributed by atoms with E-state index in [1.165, 1.54) is 32.1 Å². The van der Waals surface area contributed by atoms with Gasteiger partial charge in [-0.25, -0.2) is 0 Å². The van der Waals surface area contributed by atoms with Gasteiger partial charge in [0.05, 0.1) is 0 Å². The molecule has 0 rings (SSSR count). The van der Waals surface area contributed by atoms with Crippen molar-refractivity contribution >= 4 is 0 Å². The lowest BCUT2D eigenvalue weighted by atomic mass is 9.78. The zero-order chi connectivity index (χ0) is 12.6. The van der Waals surface area contributed by atoms with Crippen LogP contribution in [0.4, 0.5) is 0 Å². The second-order valence-corrected chi connectivity index (χ2v) is 6.25. The van der Waals surface area contributed by atoms with Crippen molar-refractivity contribution in [2.45, 2.75) is 79.7 Å². The lowest BCUT2D eigenvalue weighted by Gasteiger charge is -2.31. The molecule has 98 valence electrons. The fraction of sp³-hybridized carbons (Fsp3) is 1.00. The normalized spacial score (nSPS) is 16.1. The molecule has 1 heteroatoms. The molecule has 0 heterocycles. The number of hydrogen-bond donors (Lipinski definition) is 1. The molecular weight excluding hydrogens is 194 g/mol. The molecular formula is C15H33N. The fourth-order valence-corrected chi connectivity index (χ4v) is 2.01. The van der Waals surface area contributed by atoms with Crippen molar-refractivity contribution in [1.29, 1.82) is 0 Å². The molecule has 0 spiro atoms. The van der Waals surface area contributed by atoms with Crippen LogP contribution in [-0.2, 0) is 0 Å². The van der Waals surface area contributed by atoms with E-state index in [4.69, 9.17) is 0 Å². The van der Waals surface area contributed by atoms with Crippen molar-refractivity contribution < 1.29 is 0 Å². The minimum Gasteiger partial charge on any atom is -0.314 e. The molecule has 1 nitrogen and oxygen atoms in total. The topological polar surface area (TPSA) is 12.0 Å². The molecule has 0 bridgehead atoms. The maximum absolute atomic E-state index is 3.64. The van der Waals surface area contributed by atoms with Gasteiger partial charge in [0.1, 0.15) is 0 Å². The molecule has 2 unspecified atom stereocenters. The van der Waals surface area contributed by atoms with E-state index in [-0.39, 0.29) is 0 Å². The first kappa shape index (κ1) is 16.0. The third-order valence-corrected chi connectivity index (χ3v) is 3.77. The van der Waals surface area contributed by atoms with Gasteiger partial charge >= 0.3 is 0 Å². The van der Waals surface area contributed by atoms with Crippen LogP contribution in [0.3, 0.4) is 0 Å². The van der Waals surface area contributed by atoms with Crippen LogP contribution in [0.1, 0.15) is 73.6 Å². The van der Waals surface area contributed by atoms with Gasteiger partial charge in [-0.3, -0.25) is 0 Å². The standard InChI is InChI=1S/C15H33N/c1-7-9-10-11-14(16-8-2)12-13(3)15(4,5)6/h13-14,16H,7-12H2,1-6H3. The lowest BCUT2D eigenvalue weighted by molar-refractivity contribution is 0.218. The number of rotatable bonds is 8. The van der Waals surface area contributed by atoms with Crippen LogP contribution in [0, 0.1) is 11.3 Å². The van der Waals surface area contributed by atoms with Gasteiger partial charge < -0.3 is 5.32 Å². The Hall–Kier alpha value is -0.0400. The highest BCUT2D eigenvalue weighted by molar-refractivity contribution is 4.76. The Morgan fingerprint density at radius 1 is 1.06 bits per heavy atom. The predicted octanol–water partition coefficient (Wildman–Crippen LogP) is 4.62. The van der Waals surface area contributed by atoms with Gasteiger partial charge in [-0.2, -0.15) is 0 Å². The first-order valence-corrected chi connectivity index (χ1v) is 7.15. The van der Waals surface area contributed by atoms with Crippen LogP contribution in [0.5, 0.6) is 0 Å². The second kappa shape index (κ2) is 8.11. The molecule has 0 saturated carbocycles. The molecule has 0 aromatic heterocycles. The zero-order valence-electron chi connectivity index (χ0n) is 12.4. The minimum absolute atomic E-state index is 0.443. The molecule has 0 fully saturated rings. The Morgan fingerprint density at radius 2 is 1.69 bits per heavy atom. The Kier molecular flexibility index (Phi) is 8.09. The molecule has 0 amide bonds. The molecule has 2 atom stereocenters. The molecule has 16 heavy (non-hydrogen) atoms. The Morgan fingerprint density at radius 3 is 2.12 bits per heavy atom. The van der Waals surface area contributed by atoms with E-state index in [9.17, 15) is 0 Å². The number of hydrogen-bond acceptors (Lipinski definition) is 1. The van der Waals surface area contributed by atoms with Crippen LogP contribution in [0.15, 0.2) is 0 Å². The van der Waals surface area contributed by atoms with E-state index in [0.717, 1.165) is 18.5 Å². The number of nitrogens with one attached hydrogen (secondary N) is 1. The summed E-state index contributed by atoms with van der Waals surface area (Å²) >= 11 is 0. The summed E-state index contributed by atoms with van der Waals surface area (Å²) in [4.78, 5) is 0. The van der Waals surface area contributed by atoms with Crippen molar-refractivity contribution in [2.75, 3.05) is 6.54 Å². The van der Waals surface area contributed by atoms with E-state index in [1.54, 1.807) is 0 Å². The third-order valence-electron chi connectivity index (χ3n) is 3.77. The van der Waals surface area contributed by atoms with E-state index < -0.39 is 0 Å². The summed E-state index contributed by atoms with van der Waals surface area (Å²) < 4.78 is 0. The highest BCUT2D eigenvalue weighted by Crippen LogP contribution is 2.29. The van der Waals surface area contributed by atoms with Crippen LogP contribution in [-0.4, -0.2) is 12.6 Å². The van der Waals surface area contributed by atoms with Crippen molar-refractivity contribution in [1.82, 2.24) is 5.32 Å². The molecule has 0 saturated heterocycles. The van der Waals surface area contributed by atoms with Gasteiger partial charge in [0, 0.05) is 6.04 Å². The molecule has 1 N–H and O–H groups in total. The molecule has 0 aromatic carbocycles. The summed E-state index contributed by atoms with van der Waals surface area (Å²) in [6, 6.07) is 0.728. The largest absolute Gasteiger partial charge is 0.314 e. The van der Waals surface area contributed by atoms with Crippen LogP contribution >= 0.6 is 0 Å². The van der Waals surface area contributed by atoms with Crippen LogP contribution in [0.2, 0.25) is 0 Å². The first-order valence-electron chi connectivity index (χ1n) is 7.15. The second-order valence-electron chi connectivity index (χ2n) is 6.25. The summed E-state index contributed by atoms with van der Waals surface area (Å²) in [7, 11) is 0. The SMILES string of the molecule is CCCCCC(CC(C)C(C)(C)C)NCC. The molecule has 0 radical (unpaired) electrons. The third kappa shape index (κ3) is 7.27. The average Bonchev–Trinajstić information content (AvgIpc) is 2.16. The highest BCUT2D eigenvalue weighted by Gasteiger charge is 2.22. The van der Waals surface area contributed by atoms with Gasteiger partial charge in [-0.15, -0.1) is 0 Å². The highest BCUT2D eigenvalue weighted by atomic mass is 14.9. The molecule has 0 aromatic rings. The monoisotopic (exact) mass is 227 g/mol. The van der Waals surface area contributed by atoms with Crippen LogP contribution < -0.4 is 5.32 Å². The average molecular weight is 227 g/mol. The summed E-state index contributed by atoms with van der Waals surface area (Å²) in [5.41, 5.74) is 0.443. The first-order chi connectivity index (χ1) is 7.41. The Bertz CT molecular complexity index is 157. The Labute approximate surface area is 103 Å². The number of unbranched alkanes of at least 4 members (excludes halogenated alkanes) is 2. The minimum atomic E-state index is 0.443. The Balaban J connectivity index is 4.01. The molecule has 0 aliphatic carbocycles. The maximum Gasteiger partial charge on any atom is 0.00696 e. The van der Waals surface area contributed by atoms with Crippen molar-refractivity contribution in [3.63, 3.8) is 0 Å². The summed E-state index contributed by atoms with van der Waals surface area (Å²) in [5, 5.41) is 3.64. The fourth-order valence-electron chi connectivity index (χ4n) is 2.01. The maximum atomic E-state index is 3.64. The van der Waals surface area contributed by atoms with Gasteiger partial charge in [-0.1, -0.05) is 60.8 Å². The van der Waals surface area contributed by atoms with Crippen molar-refractivity contribution in [2.24, 2.45) is 11.3 Å². The van der Waals surface area contributed by atoms with E-state index >= 15 is 0 Å². The molecule has 0 aliphatic heterocycles. The quantitative estimate of drug-likeness (QED) is 0.597. The van der Waals surface area contributed by atoms with Gasteiger partial charge in [0.15, 0.2) is 0 Å². The van der Waals surface area contributed by atoms with E-state index in [0.29, 0.717) is 5.41 Å². The van der Waals surface area contributed by atoms with Crippen LogP contribution in [0.25, 0.3) is 0 Å². The van der Waals surface area contributed by atoms with Gasteiger partial charge in [-0.05, 0) is 30.7 Å². The smallest absolute Gasteiger partial charge is 0.00696 e. The lowest BCUT2D eigenvalue weighted by Crippen LogP contribution is -2.33. The van der Waals surface area contributed by atoms with E-state index in [2.05, 4.69) is 46.9 Å². The van der Waals surface area contributed by atoms with Gasteiger partial charge in [0.2, 0.25) is 0 Å². The predicted molar refractivity (Wildman–Crippen MR) is 74.8 cm³/mol. The summed E-state index contributed by atoms with van der Waals surface area (Å²) in [6.07, 6.45) is 6.76. The molecule has 0 aliphatic rings. The summed E-state index contributed by atoms with van der Waals surface area (Å²) in [6.45, 7) is 15.1. The zero-order valence-corrected chi connectivity index (χ0v) is 12.4. The van der Waals surface area contributed by atoms with E-state index in [1.807, 2.05) is 0 Å². The summed E-state index contributed by atoms with van der Waals surface area (Å²) in [5.74, 6) is 0.790. The van der Waals surface area contributed by atoms with Crippen molar-refractivity contribution in [3.8, 4) is 0 Å². The van der Waals surface area contributed by atoms with Crippen molar-refractivity contribution in [3.05, 3.63) is 0 Å². The van der Waals surface area contributed by atoms with Gasteiger partial charge in [0.25, 0.3) is 0 Å².